The first-order valence-corrected chi connectivity index (χ1v) is 11.5. The number of aryl methyl sites for hydroxylation is 1. The minimum Gasteiger partial charge on any atom is -0.341 e. The molecule has 2 N–H and O–H groups in total. The van der Waals surface area contributed by atoms with Crippen LogP contribution >= 0.6 is 0 Å². The number of carbonyl (C=O) groups is 3. The molecule has 1 saturated heterocycles. The maximum Gasteiger partial charge on any atom is 0.325 e. The molecule has 0 aliphatic carbocycles. The maximum absolute atomic E-state index is 12.7. The second-order valence-electron chi connectivity index (χ2n) is 8.49. The summed E-state index contributed by atoms with van der Waals surface area (Å²) in [4.78, 5) is 38.8. The van der Waals surface area contributed by atoms with Gasteiger partial charge in [0.25, 0.3) is 5.91 Å². The van der Waals surface area contributed by atoms with Crippen molar-refractivity contribution < 1.29 is 14.4 Å². The van der Waals surface area contributed by atoms with Gasteiger partial charge in [0.1, 0.15) is 6.04 Å². The van der Waals surface area contributed by atoms with Gasteiger partial charge in [0.15, 0.2) is 0 Å². The van der Waals surface area contributed by atoms with Crippen molar-refractivity contribution in [2.75, 3.05) is 5.32 Å². The van der Waals surface area contributed by atoms with Gasteiger partial charge in [-0.15, -0.1) is 0 Å². The molecule has 1 aliphatic heterocycles. The fraction of sp³-hybridized carbons (Fsp3) is 0.222. The number of nitrogens with one attached hydrogen (secondary N) is 2. The predicted molar refractivity (Wildman–Crippen MR) is 132 cm³/mol. The van der Waals surface area contributed by atoms with Crippen LogP contribution in [0.15, 0.2) is 72.8 Å². The van der Waals surface area contributed by atoms with Crippen molar-refractivity contribution in [3.63, 3.8) is 0 Å². The Labute approximate surface area is 197 Å². The van der Waals surface area contributed by atoms with Crippen molar-refractivity contribution >= 4 is 45.3 Å². The van der Waals surface area contributed by atoms with E-state index < -0.39 is 12.1 Å². The Hall–Kier alpha value is -4.13. The summed E-state index contributed by atoms with van der Waals surface area (Å²) in [5.41, 5.74) is 3.88. The van der Waals surface area contributed by atoms with Crippen LogP contribution in [-0.2, 0) is 22.7 Å². The van der Waals surface area contributed by atoms with Crippen molar-refractivity contribution in [3.05, 3.63) is 78.4 Å². The number of benzene rings is 3. The monoisotopic (exact) mass is 454 g/mol. The average Bonchev–Trinajstić information content (AvgIpc) is 3.31. The van der Waals surface area contributed by atoms with Gasteiger partial charge in [-0.2, -0.15) is 0 Å². The molecule has 1 aliphatic rings. The van der Waals surface area contributed by atoms with Crippen LogP contribution in [0.5, 0.6) is 0 Å². The number of urea groups is 1. The lowest BCUT2D eigenvalue weighted by Crippen LogP contribution is -2.31. The molecule has 0 saturated carbocycles. The minimum absolute atomic E-state index is 0.130. The first kappa shape index (κ1) is 21.7. The quantitative estimate of drug-likeness (QED) is 0.399. The average molecular weight is 455 g/mol. The first-order chi connectivity index (χ1) is 16.5. The molecule has 4 aromatic rings. The van der Waals surface area contributed by atoms with E-state index in [1.165, 1.54) is 10.4 Å². The van der Waals surface area contributed by atoms with Gasteiger partial charge in [-0.3, -0.25) is 14.5 Å². The fourth-order valence-electron chi connectivity index (χ4n) is 4.66. The van der Waals surface area contributed by atoms with Gasteiger partial charge in [-0.1, -0.05) is 48.5 Å². The van der Waals surface area contributed by atoms with Crippen molar-refractivity contribution in [1.29, 1.82) is 0 Å². The number of rotatable bonds is 7. The van der Waals surface area contributed by atoms with E-state index in [-0.39, 0.29) is 31.2 Å². The second kappa shape index (κ2) is 9.02. The number of nitrogens with zero attached hydrogens (tertiary/aromatic N) is 2. The third kappa shape index (κ3) is 4.01. The molecule has 0 unspecified atom stereocenters. The number of fused-ring (bicyclic) bond motifs is 3. The van der Waals surface area contributed by atoms with Crippen molar-refractivity contribution in [2.45, 2.75) is 38.9 Å². The normalized spacial score (nSPS) is 15.8. The molecule has 3 aromatic carbocycles. The number of hydrogen-bond donors (Lipinski definition) is 2. The molecule has 7 heteroatoms. The van der Waals surface area contributed by atoms with Gasteiger partial charge in [-0.05, 0) is 43.2 Å². The first-order valence-electron chi connectivity index (χ1n) is 11.5. The number of amides is 4. The van der Waals surface area contributed by atoms with E-state index in [1.807, 2.05) is 60.7 Å². The lowest BCUT2D eigenvalue weighted by atomic mass is 10.1. The molecule has 172 valence electrons. The molecule has 0 spiro atoms. The molecule has 0 bridgehead atoms. The summed E-state index contributed by atoms with van der Waals surface area (Å²) in [6.07, 6.45) is 0.379. The van der Waals surface area contributed by atoms with Crippen LogP contribution in [0.2, 0.25) is 0 Å². The molecule has 1 atom stereocenters. The van der Waals surface area contributed by atoms with Gasteiger partial charge < -0.3 is 15.2 Å². The number of hydrogen-bond acceptors (Lipinski definition) is 3. The summed E-state index contributed by atoms with van der Waals surface area (Å²) in [6, 6.07) is 22.4. The Morgan fingerprint density at radius 3 is 2.47 bits per heavy atom. The van der Waals surface area contributed by atoms with Crippen molar-refractivity contribution in [1.82, 2.24) is 14.8 Å². The van der Waals surface area contributed by atoms with Gasteiger partial charge >= 0.3 is 6.03 Å². The largest absolute Gasteiger partial charge is 0.341 e. The SMILES string of the molecule is CCn1c2ccccc2c2cc(NC(=O)CC[C@H]3NC(=O)N(Cc4ccccc4)C3=O)ccc21. The third-order valence-electron chi connectivity index (χ3n) is 6.32. The Morgan fingerprint density at radius 2 is 1.68 bits per heavy atom. The zero-order chi connectivity index (χ0) is 23.7. The van der Waals surface area contributed by atoms with Crippen LogP contribution in [-0.4, -0.2) is 33.4 Å². The molecule has 2 heterocycles. The summed E-state index contributed by atoms with van der Waals surface area (Å²) < 4.78 is 2.26. The highest BCUT2D eigenvalue weighted by atomic mass is 16.2. The summed E-state index contributed by atoms with van der Waals surface area (Å²) in [5.74, 6) is -0.488. The molecular formula is C27H26N4O3. The van der Waals surface area contributed by atoms with E-state index in [2.05, 4.69) is 34.3 Å². The summed E-state index contributed by atoms with van der Waals surface area (Å²) >= 11 is 0. The Bertz CT molecular complexity index is 1390. The van der Waals surface area contributed by atoms with Gasteiger partial charge in [-0.25, -0.2) is 4.79 Å². The van der Waals surface area contributed by atoms with Gasteiger partial charge in [0.05, 0.1) is 6.54 Å². The second-order valence-corrected chi connectivity index (χ2v) is 8.49. The minimum atomic E-state index is -0.688. The summed E-state index contributed by atoms with van der Waals surface area (Å²) in [5, 5.41) is 7.88. The highest BCUT2D eigenvalue weighted by Gasteiger charge is 2.37. The van der Waals surface area contributed by atoms with E-state index in [9.17, 15) is 14.4 Å². The highest BCUT2D eigenvalue weighted by Crippen LogP contribution is 2.31. The Morgan fingerprint density at radius 1 is 0.941 bits per heavy atom. The predicted octanol–water partition coefficient (Wildman–Crippen LogP) is 4.65. The van der Waals surface area contributed by atoms with Crippen LogP contribution in [0.4, 0.5) is 10.5 Å². The zero-order valence-electron chi connectivity index (χ0n) is 19.0. The maximum atomic E-state index is 12.7. The Kier molecular flexibility index (Phi) is 5.76. The topological polar surface area (TPSA) is 83.4 Å². The zero-order valence-corrected chi connectivity index (χ0v) is 19.0. The lowest BCUT2D eigenvalue weighted by molar-refractivity contribution is -0.128. The van der Waals surface area contributed by atoms with Crippen LogP contribution in [0.3, 0.4) is 0 Å². The summed E-state index contributed by atoms with van der Waals surface area (Å²) in [7, 11) is 0. The van der Waals surface area contributed by atoms with E-state index in [4.69, 9.17) is 0 Å². The van der Waals surface area contributed by atoms with E-state index in [1.54, 1.807) is 0 Å². The number of carbonyl (C=O) groups excluding carboxylic acids is 3. The number of anilines is 1. The molecule has 5 rings (SSSR count). The van der Waals surface area contributed by atoms with Crippen LogP contribution in [0.1, 0.15) is 25.3 Å². The fourth-order valence-corrected chi connectivity index (χ4v) is 4.66. The summed E-state index contributed by atoms with van der Waals surface area (Å²) in [6.45, 7) is 3.20. The van der Waals surface area contributed by atoms with Gasteiger partial charge in [0.2, 0.25) is 5.91 Å². The van der Waals surface area contributed by atoms with Crippen LogP contribution in [0, 0.1) is 0 Å². The van der Waals surface area contributed by atoms with Crippen LogP contribution < -0.4 is 10.6 Å². The molecule has 34 heavy (non-hydrogen) atoms. The highest BCUT2D eigenvalue weighted by molar-refractivity contribution is 6.10. The third-order valence-corrected chi connectivity index (χ3v) is 6.32. The lowest BCUT2D eigenvalue weighted by Gasteiger charge is -2.13. The Balaban J connectivity index is 1.24. The van der Waals surface area contributed by atoms with E-state index in [0.717, 1.165) is 28.4 Å². The standard InChI is InChI=1S/C27H26N4O3/c1-2-30-23-11-7-6-10-20(23)21-16-19(12-14-24(21)30)28-25(32)15-13-22-26(33)31(27(34)29-22)17-18-8-4-3-5-9-18/h3-12,14,16,22H,2,13,15,17H2,1H3,(H,28,32)(H,29,34)/t22-/m1/s1. The van der Waals surface area contributed by atoms with E-state index >= 15 is 0 Å². The molecule has 4 amide bonds. The molecule has 1 aromatic heterocycles. The smallest absolute Gasteiger partial charge is 0.325 e. The molecule has 1 fully saturated rings. The van der Waals surface area contributed by atoms with Crippen molar-refractivity contribution in [2.24, 2.45) is 0 Å². The number of aromatic nitrogens is 1. The molecular weight excluding hydrogens is 428 g/mol. The number of imide groups is 1. The van der Waals surface area contributed by atoms with Gasteiger partial charge in [0, 0.05) is 40.5 Å². The van der Waals surface area contributed by atoms with Crippen LogP contribution in [0.25, 0.3) is 21.8 Å². The molecule has 7 nitrogen and oxygen atoms in total. The van der Waals surface area contributed by atoms with E-state index in [0.29, 0.717) is 5.69 Å². The number of para-hydroxylation sites is 1. The van der Waals surface area contributed by atoms with Crippen molar-refractivity contribution in [3.8, 4) is 0 Å². The molecule has 0 radical (unpaired) electrons.